The molecular formula is C23H25F4N5OS. The molecule has 2 atom stereocenters. The fraction of sp³-hybridized carbons (Fsp3) is 0.435. The summed E-state index contributed by atoms with van der Waals surface area (Å²) in [6.07, 6.45) is -4.25. The molecule has 0 fully saturated rings. The monoisotopic (exact) mass is 495 g/mol. The Labute approximate surface area is 196 Å². The van der Waals surface area contributed by atoms with Crippen LogP contribution in [0.3, 0.4) is 0 Å². The van der Waals surface area contributed by atoms with Crippen molar-refractivity contribution in [2.24, 2.45) is 0 Å². The van der Waals surface area contributed by atoms with Crippen LogP contribution in [0.15, 0.2) is 17.2 Å². The van der Waals surface area contributed by atoms with Gasteiger partial charge >= 0.3 is 6.18 Å². The second kappa shape index (κ2) is 7.86. The highest BCUT2D eigenvalue weighted by molar-refractivity contribution is 7.85. The molecule has 34 heavy (non-hydrogen) atoms. The molecule has 0 aliphatic heterocycles. The van der Waals surface area contributed by atoms with Gasteiger partial charge in [-0.05, 0) is 64.3 Å². The molecule has 0 radical (unpaired) electrons. The Morgan fingerprint density at radius 3 is 2.18 bits per heavy atom. The maximum atomic E-state index is 14.5. The summed E-state index contributed by atoms with van der Waals surface area (Å²) in [5.41, 5.74) is 1.72. The van der Waals surface area contributed by atoms with Crippen LogP contribution in [0.25, 0.3) is 22.6 Å². The van der Waals surface area contributed by atoms with Gasteiger partial charge in [-0.25, -0.2) is 18.4 Å². The van der Waals surface area contributed by atoms with Gasteiger partial charge in [0.05, 0.1) is 33.1 Å². The predicted octanol–water partition coefficient (Wildman–Crippen LogP) is 5.46. The first kappa shape index (κ1) is 24.3. The highest BCUT2D eigenvalue weighted by Gasteiger charge is 2.53. The molecule has 2 unspecified atom stereocenters. The zero-order valence-corrected chi connectivity index (χ0v) is 20.7. The minimum Gasteiger partial charge on any atom is -0.254 e. The molecule has 0 spiro atoms. The molecule has 0 saturated carbocycles. The summed E-state index contributed by atoms with van der Waals surface area (Å²) < 4.78 is 70.5. The average molecular weight is 496 g/mol. The van der Waals surface area contributed by atoms with Crippen LogP contribution < -0.4 is 0 Å². The van der Waals surface area contributed by atoms with E-state index >= 15 is 0 Å². The van der Waals surface area contributed by atoms with Gasteiger partial charge in [0.1, 0.15) is 11.4 Å². The number of hydrogen-bond acceptors (Lipinski definition) is 4. The molecule has 4 rings (SSSR count). The minimum absolute atomic E-state index is 0.0456. The van der Waals surface area contributed by atoms with Crippen molar-refractivity contribution in [2.45, 2.75) is 65.2 Å². The number of hydrogen-bond donors (Lipinski definition) is 0. The first-order valence-corrected chi connectivity index (χ1v) is 12.0. The number of imidazole rings is 1. The van der Waals surface area contributed by atoms with E-state index < -0.39 is 28.2 Å². The molecule has 4 aromatic heterocycles. The molecule has 4 aromatic rings. The van der Waals surface area contributed by atoms with Gasteiger partial charge < -0.3 is 0 Å². The lowest BCUT2D eigenvalue weighted by atomic mass is 10.00. The van der Waals surface area contributed by atoms with Crippen LogP contribution in [-0.4, -0.2) is 40.4 Å². The van der Waals surface area contributed by atoms with Crippen LogP contribution in [0.2, 0.25) is 0 Å². The third kappa shape index (κ3) is 3.35. The van der Waals surface area contributed by atoms with Crippen LogP contribution in [0.1, 0.15) is 47.5 Å². The number of aromatic nitrogens is 5. The molecule has 0 saturated heterocycles. The van der Waals surface area contributed by atoms with Crippen molar-refractivity contribution in [1.82, 2.24) is 24.2 Å². The van der Waals surface area contributed by atoms with Crippen molar-refractivity contribution in [3.63, 3.8) is 0 Å². The van der Waals surface area contributed by atoms with Crippen molar-refractivity contribution in [3.05, 3.63) is 45.9 Å². The first-order chi connectivity index (χ1) is 15.7. The number of alkyl halides is 4. The molecule has 0 aliphatic rings. The molecule has 11 heteroatoms. The Bertz CT molecular complexity index is 1480. The van der Waals surface area contributed by atoms with E-state index in [1.165, 1.54) is 4.52 Å². The van der Waals surface area contributed by atoms with Crippen LogP contribution >= 0.6 is 0 Å². The third-order valence-corrected chi connectivity index (χ3v) is 8.04. The summed E-state index contributed by atoms with van der Waals surface area (Å²) in [5.74, 6) is 0.348. The van der Waals surface area contributed by atoms with Crippen molar-refractivity contribution in [3.8, 4) is 11.4 Å². The molecule has 0 N–H and O–H groups in total. The van der Waals surface area contributed by atoms with E-state index in [0.717, 1.165) is 40.2 Å². The quantitative estimate of drug-likeness (QED) is 0.353. The lowest BCUT2D eigenvalue weighted by Crippen LogP contribution is -2.35. The maximum absolute atomic E-state index is 14.5. The highest BCUT2D eigenvalue weighted by atomic mass is 32.2. The van der Waals surface area contributed by atoms with Crippen LogP contribution in [0.5, 0.6) is 0 Å². The van der Waals surface area contributed by atoms with Gasteiger partial charge in [-0.15, -0.1) is 0 Å². The molecule has 6 nitrogen and oxygen atoms in total. The van der Waals surface area contributed by atoms with Crippen molar-refractivity contribution in [1.29, 1.82) is 0 Å². The van der Waals surface area contributed by atoms with E-state index in [1.54, 1.807) is 18.4 Å². The fourth-order valence-corrected chi connectivity index (χ4v) is 5.17. The van der Waals surface area contributed by atoms with E-state index in [4.69, 9.17) is 5.10 Å². The number of pyridine rings is 1. The standard InChI is InChI=1S/C23H25F4N5OS/c1-8-34(33)21-19(30-32-14(5)12(3)11(2)13(4)20(21)32)18-15(6)31-17(29-18)9-16(10-28-31)22(7,24)23(25,26)27/h9-10H,8H2,1-7H3. The van der Waals surface area contributed by atoms with E-state index in [1.807, 2.05) is 27.7 Å². The smallest absolute Gasteiger partial charge is 0.254 e. The van der Waals surface area contributed by atoms with Crippen molar-refractivity contribution in [2.75, 3.05) is 5.75 Å². The van der Waals surface area contributed by atoms with Crippen molar-refractivity contribution < 1.29 is 21.8 Å². The zero-order valence-electron chi connectivity index (χ0n) is 19.9. The number of aryl methyl sites for hydroxylation is 3. The lowest BCUT2D eigenvalue weighted by molar-refractivity contribution is -0.228. The molecule has 0 bridgehead atoms. The van der Waals surface area contributed by atoms with Crippen LogP contribution in [-0.2, 0) is 16.5 Å². The second-order valence-corrected chi connectivity index (χ2v) is 10.3. The van der Waals surface area contributed by atoms with Gasteiger partial charge in [0, 0.05) is 17.0 Å². The summed E-state index contributed by atoms with van der Waals surface area (Å²) in [4.78, 5) is 4.99. The predicted molar refractivity (Wildman–Crippen MR) is 122 cm³/mol. The SMILES string of the molecule is CCS(=O)c1c(-c2nc3cc(C(C)(F)C(F)(F)F)cnn3c2C)nn2c(C)c(C)c(C)c(C)c12. The van der Waals surface area contributed by atoms with E-state index in [2.05, 4.69) is 10.1 Å². The fourth-order valence-electron chi connectivity index (χ4n) is 4.07. The Hall–Kier alpha value is -2.82. The zero-order chi connectivity index (χ0) is 25.3. The third-order valence-electron chi connectivity index (χ3n) is 6.67. The van der Waals surface area contributed by atoms with Crippen LogP contribution in [0, 0.1) is 34.6 Å². The average Bonchev–Trinajstić information content (AvgIpc) is 3.33. The maximum Gasteiger partial charge on any atom is 0.426 e. The lowest BCUT2D eigenvalue weighted by Gasteiger charge is -2.23. The number of nitrogens with zero attached hydrogens (tertiary/aromatic N) is 5. The summed E-state index contributed by atoms with van der Waals surface area (Å²) in [7, 11) is -1.40. The molecule has 182 valence electrons. The van der Waals surface area contributed by atoms with Gasteiger partial charge in [0.15, 0.2) is 5.65 Å². The van der Waals surface area contributed by atoms with Crippen LogP contribution in [0.4, 0.5) is 17.6 Å². The summed E-state index contributed by atoms with van der Waals surface area (Å²) >= 11 is 0. The second-order valence-electron chi connectivity index (χ2n) is 8.59. The number of fused-ring (bicyclic) bond motifs is 2. The Morgan fingerprint density at radius 2 is 1.59 bits per heavy atom. The van der Waals surface area contributed by atoms with Gasteiger partial charge in [0.2, 0.25) is 5.67 Å². The van der Waals surface area contributed by atoms with Crippen molar-refractivity contribution >= 4 is 22.0 Å². The number of rotatable bonds is 4. The van der Waals surface area contributed by atoms with Gasteiger partial charge in [0.25, 0.3) is 0 Å². The first-order valence-electron chi connectivity index (χ1n) is 10.7. The molecule has 0 amide bonds. The highest BCUT2D eigenvalue weighted by Crippen LogP contribution is 2.42. The van der Waals surface area contributed by atoms with E-state index in [-0.39, 0.29) is 5.65 Å². The van der Waals surface area contributed by atoms with E-state index in [0.29, 0.717) is 34.7 Å². The molecule has 4 heterocycles. The summed E-state index contributed by atoms with van der Waals surface area (Å²) in [6, 6.07) is 1.04. The molecule has 0 aliphatic carbocycles. The number of halogens is 4. The van der Waals surface area contributed by atoms with E-state index in [9.17, 15) is 21.8 Å². The molecular weight excluding hydrogens is 470 g/mol. The summed E-state index contributed by atoms with van der Waals surface area (Å²) in [5, 5.41) is 8.77. The minimum atomic E-state index is -5.10. The Kier molecular flexibility index (Phi) is 5.62. The van der Waals surface area contributed by atoms with Gasteiger partial charge in [-0.2, -0.15) is 23.4 Å². The van der Waals surface area contributed by atoms with Gasteiger partial charge in [-0.1, -0.05) is 6.92 Å². The Balaban J connectivity index is 2.05. The largest absolute Gasteiger partial charge is 0.426 e. The normalized spacial score (nSPS) is 15.3. The molecule has 0 aromatic carbocycles. The Morgan fingerprint density at radius 1 is 0.941 bits per heavy atom. The van der Waals surface area contributed by atoms with Gasteiger partial charge in [-0.3, -0.25) is 4.21 Å². The topological polar surface area (TPSA) is 64.6 Å². The summed E-state index contributed by atoms with van der Waals surface area (Å²) in [6.45, 7) is 11.8.